The summed E-state index contributed by atoms with van der Waals surface area (Å²) in [5.74, 6) is 0.748. The molecule has 0 atom stereocenters. The van der Waals surface area contributed by atoms with Crippen LogP contribution in [0.2, 0.25) is 0 Å². The maximum absolute atomic E-state index is 14.2. The molecule has 2 aromatic rings. The topological polar surface area (TPSA) is 54.5 Å². The number of piperidine rings is 1. The number of halogens is 1. The second-order valence-corrected chi connectivity index (χ2v) is 7.48. The molecule has 3 rings (SSSR count). The number of nitrogens with zero attached hydrogens (tertiary/aromatic N) is 2. The molecule has 0 spiro atoms. The van der Waals surface area contributed by atoms with Crippen LogP contribution in [0.4, 0.5) is 4.39 Å². The van der Waals surface area contributed by atoms with Crippen LogP contribution in [0.3, 0.4) is 0 Å². The molecule has 2 heterocycles. The predicted molar refractivity (Wildman–Crippen MR) is 112 cm³/mol. The molecule has 1 aromatic heterocycles. The van der Waals surface area contributed by atoms with Gasteiger partial charge in [0.1, 0.15) is 5.75 Å². The number of likely N-dealkylation sites (tertiary alicyclic amines) is 1. The minimum absolute atomic E-state index is 0.117. The van der Waals surface area contributed by atoms with Crippen molar-refractivity contribution in [2.75, 3.05) is 26.2 Å². The number of aromatic nitrogens is 1. The average Bonchev–Trinajstić information content (AvgIpc) is 2.73. The van der Waals surface area contributed by atoms with Crippen molar-refractivity contribution in [1.82, 2.24) is 15.2 Å². The van der Waals surface area contributed by atoms with Gasteiger partial charge in [-0.3, -0.25) is 9.78 Å². The number of carbonyl (C=O) groups excluding carboxylic acids is 1. The summed E-state index contributed by atoms with van der Waals surface area (Å²) in [6, 6.07) is 8.01. The molecule has 0 bridgehead atoms. The van der Waals surface area contributed by atoms with Crippen molar-refractivity contribution in [3.05, 3.63) is 60.2 Å². The van der Waals surface area contributed by atoms with Crippen LogP contribution in [0, 0.1) is 11.7 Å². The minimum Gasteiger partial charge on any atom is -0.453 e. The van der Waals surface area contributed by atoms with Gasteiger partial charge in [0.15, 0.2) is 11.6 Å². The Morgan fingerprint density at radius 2 is 2.17 bits per heavy atom. The summed E-state index contributed by atoms with van der Waals surface area (Å²) in [4.78, 5) is 18.4. The highest BCUT2D eigenvalue weighted by atomic mass is 19.1. The normalized spacial score (nSPS) is 15.5. The number of nitrogens with one attached hydrogen (secondary N) is 1. The summed E-state index contributed by atoms with van der Waals surface area (Å²) in [5, 5.41) is 2.88. The number of hydrogen-bond donors (Lipinski definition) is 1. The predicted octanol–water partition coefficient (Wildman–Crippen LogP) is 4.26. The van der Waals surface area contributed by atoms with Gasteiger partial charge < -0.3 is 15.0 Å². The molecule has 0 unspecified atom stereocenters. The highest BCUT2D eigenvalue weighted by Crippen LogP contribution is 2.24. The number of benzene rings is 1. The van der Waals surface area contributed by atoms with Crippen LogP contribution in [0.5, 0.6) is 11.5 Å². The molecular formula is C23H28FN3O2. The monoisotopic (exact) mass is 397 g/mol. The average molecular weight is 397 g/mol. The van der Waals surface area contributed by atoms with E-state index in [9.17, 15) is 9.18 Å². The van der Waals surface area contributed by atoms with Crippen molar-refractivity contribution in [2.24, 2.45) is 5.92 Å². The number of pyridine rings is 1. The zero-order chi connectivity index (χ0) is 20.5. The van der Waals surface area contributed by atoms with Crippen molar-refractivity contribution in [2.45, 2.75) is 26.2 Å². The maximum atomic E-state index is 14.2. The highest BCUT2D eigenvalue weighted by Gasteiger charge is 2.14. The van der Waals surface area contributed by atoms with Gasteiger partial charge in [0, 0.05) is 18.8 Å². The van der Waals surface area contributed by atoms with Crippen LogP contribution in [0.15, 0.2) is 48.8 Å². The van der Waals surface area contributed by atoms with E-state index < -0.39 is 5.82 Å². The fraction of sp³-hybridized carbons (Fsp3) is 0.391. The Kier molecular flexibility index (Phi) is 7.76. The second kappa shape index (κ2) is 10.7. The quantitative estimate of drug-likeness (QED) is 0.534. The zero-order valence-electron chi connectivity index (χ0n) is 16.8. The number of ether oxygens (including phenoxy) is 1. The molecule has 5 nitrogen and oxygen atoms in total. The van der Waals surface area contributed by atoms with E-state index in [1.807, 2.05) is 0 Å². The van der Waals surface area contributed by atoms with E-state index >= 15 is 0 Å². The van der Waals surface area contributed by atoms with Crippen molar-refractivity contribution in [1.29, 1.82) is 0 Å². The van der Waals surface area contributed by atoms with Gasteiger partial charge in [-0.05, 0) is 80.7 Å². The first kappa shape index (κ1) is 21.0. The zero-order valence-corrected chi connectivity index (χ0v) is 16.8. The molecule has 0 saturated carbocycles. The molecule has 1 aliphatic heterocycles. The number of amides is 1. The molecule has 1 aliphatic rings. The Labute approximate surface area is 171 Å². The van der Waals surface area contributed by atoms with E-state index in [1.54, 1.807) is 36.5 Å². The van der Waals surface area contributed by atoms with Crippen LogP contribution in [0.25, 0.3) is 6.08 Å². The molecule has 154 valence electrons. The lowest BCUT2D eigenvalue weighted by Crippen LogP contribution is -2.35. The third-order valence-corrected chi connectivity index (χ3v) is 5.07. The Morgan fingerprint density at radius 1 is 1.34 bits per heavy atom. The van der Waals surface area contributed by atoms with Gasteiger partial charge in [0.05, 0.1) is 6.20 Å². The van der Waals surface area contributed by atoms with Gasteiger partial charge in [0.2, 0.25) is 5.91 Å². The van der Waals surface area contributed by atoms with E-state index in [2.05, 4.69) is 22.1 Å². The first-order chi connectivity index (χ1) is 14.1. The molecule has 29 heavy (non-hydrogen) atoms. The van der Waals surface area contributed by atoms with Crippen molar-refractivity contribution in [3.63, 3.8) is 0 Å². The van der Waals surface area contributed by atoms with Gasteiger partial charge in [-0.15, -0.1) is 0 Å². The summed E-state index contributed by atoms with van der Waals surface area (Å²) in [6.07, 6.45) is 9.62. The van der Waals surface area contributed by atoms with Crippen LogP contribution < -0.4 is 10.1 Å². The van der Waals surface area contributed by atoms with Crippen molar-refractivity contribution >= 4 is 12.0 Å². The highest BCUT2D eigenvalue weighted by molar-refractivity contribution is 5.91. The maximum Gasteiger partial charge on any atom is 0.243 e. The molecule has 1 N–H and O–H groups in total. The third-order valence-electron chi connectivity index (χ3n) is 5.07. The van der Waals surface area contributed by atoms with Crippen molar-refractivity contribution < 1.29 is 13.9 Å². The standard InChI is InChI=1S/C23H28FN3O2/c1-18-9-14-27(15-10-18)13-3-12-26-23(28)8-6-19-5-7-22(21(24)16-19)29-20-4-2-11-25-17-20/h2,4-8,11,16-18H,3,9-10,12-15H2,1H3,(H,26,28)/b8-6+. The van der Waals surface area contributed by atoms with E-state index in [1.165, 1.54) is 31.2 Å². The number of rotatable bonds is 8. The van der Waals surface area contributed by atoms with Crippen LogP contribution in [-0.2, 0) is 4.79 Å². The lowest BCUT2D eigenvalue weighted by atomic mass is 9.99. The van der Waals surface area contributed by atoms with Gasteiger partial charge in [-0.2, -0.15) is 0 Å². The molecule has 0 radical (unpaired) electrons. The Balaban J connectivity index is 1.41. The Bertz CT molecular complexity index is 818. The van der Waals surface area contributed by atoms with Gasteiger partial charge in [-0.25, -0.2) is 4.39 Å². The van der Waals surface area contributed by atoms with E-state index in [4.69, 9.17) is 4.74 Å². The molecular weight excluding hydrogens is 369 g/mol. The summed E-state index contributed by atoms with van der Waals surface area (Å²) in [7, 11) is 0. The van der Waals surface area contributed by atoms with Gasteiger partial charge in [-0.1, -0.05) is 13.0 Å². The fourth-order valence-electron chi connectivity index (χ4n) is 3.27. The number of carbonyl (C=O) groups is 1. The molecule has 1 fully saturated rings. The Hall–Kier alpha value is -2.73. The van der Waals surface area contributed by atoms with Crippen LogP contribution in [0.1, 0.15) is 31.7 Å². The van der Waals surface area contributed by atoms with Crippen LogP contribution >= 0.6 is 0 Å². The largest absolute Gasteiger partial charge is 0.453 e. The fourth-order valence-corrected chi connectivity index (χ4v) is 3.27. The van der Waals surface area contributed by atoms with Crippen molar-refractivity contribution in [3.8, 4) is 11.5 Å². The summed E-state index contributed by atoms with van der Waals surface area (Å²) in [6.45, 7) is 6.26. The summed E-state index contributed by atoms with van der Waals surface area (Å²) in [5.41, 5.74) is 0.596. The molecule has 6 heteroatoms. The first-order valence-electron chi connectivity index (χ1n) is 10.2. The van der Waals surface area contributed by atoms with Gasteiger partial charge >= 0.3 is 0 Å². The summed E-state index contributed by atoms with van der Waals surface area (Å²) < 4.78 is 19.7. The van der Waals surface area contributed by atoms with Crippen LogP contribution in [-0.4, -0.2) is 42.0 Å². The third kappa shape index (κ3) is 6.98. The lowest BCUT2D eigenvalue weighted by molar-refractivity contribution is -0.116. The first-order valence-corrected chi connectivity index (χ1v) is 10.2. The SMILES string of the molecule is CC1CCN(CCCNC(=O)/C=C/c2ccc(Oc3cccnc3)c(F)c2)CC1. The molecule has 1 amide bonds. The van der Waals surface area contributed by atoms with E-state index in [0.29, 0.717) is 17.9 Å². The molecule has 0 aliphatic carbocycles. The molecule has 1 saturated heterocycles. The Morgan fingerprint density at radius 3 is 2.90 bits per heavy atom. The number of hydrogen-bond acceptors (Lipinski definition) is 4. The minimum atomic E-state index is -0.493. The summed E-state index contributed by atoms with van der Waals surface area (Å²) >= 11 is 0. The molecule has 1 aromatic carbocycles. The lowest BCUT2D eigenvalue weighted by Gasteiger charge is -2.30. The van der Waals surface area contributed by atoms with E-state index in [-0.39, 0.29) is 11.7 Å². The van der Waals surface area contributed by atoms with Gasteiger partial charge in [0.25, 0.3) is 0 Å². The van der Waals surface area contributed by atoms with E-state index in [0.717, 1.165) is 32.0 Å². The second-order valence-electron chi connectivity index (χ2n) is 7.48. The smallest absolute Gasteiger partial charge is 0.243 e.